The zero-order valence-electron chi connectivity index (χ0n) is 21.8. The summed E-state index contributed by atoms with van der Waals surface area (Å²) in [5.41, 5.74) is 2.76. The second-order valence-electron chi connectivity index (χ2n) is 10.2. The zero-order valence-corrected chi connectivity index (χ0v) is 22.6. The fraction of sp³-hybridized carbons (Fsp3) is 0.333. The van der Waals surface area contributed by atoms with Gasteiger partial charge in [0.25, 0.3) is 0 Å². The normalized spacial score (nSPS) is 15.9. The molecule has 0 aliphatic carbocycles. The first kappa shape index (κ1) is 26.6. The van der Waals surface area contributed by atoms with Crippen LogP contribution in [0.2, 0.25) is 0 Å². The molecule has 0 bridgehead atoms. The average Bonchev–Trinajstić information content (AvgIpc) is 2.89. The molecule has 0 saturated carbocycles. The lowest BCUT2D eigenvalue weighted by atomic mass is 9.91. The maximum absolute atomic E-state index is 12.7. The number of carbonyl (C=O) groups excluding carboxylic acids is 1. The lowest BCUT2D eigenvalue weighted by Crippen LogP contribution is -2.53. The highest BCUT2D eigenvalue weighted by Gasteiger charge is 2.34. The third-order valence-corrected chi connectivity index (χ3v) is 6.51. The average molecular weight is 517 g/mol. The first-order valence-electron chi connectivity index (χ1n) is 12.7. The number of hydrogen-bond acceptors (Lipinski definition) is 4. The number of ether oxygens (including phenoxy) is 1. The molecule has 1 heterocycles. The Labute approximate surface area is 225 Å². The standard InChI is InChI=1S/C30H36N4O2S/c1-30(2,3)36-29(35)34-21-19-33(20-22-34)27(24-15-9-5-10-16-24)26(23-13-7-4-8-14-23)32-28(37)31-25-17-11-6-12-18-25/h4-18,26-27H,19-22H2,1-3H3,(H2,31,32,37)/t26-,27+/m1/s1. The van der Waals surface area contributed by atoms with Crippen molar-refractivity contribution in [2.45, 2.75) is 38.5 Å². The number of nitrogens with one attached hydrogen (secondary N) is 2. The molecule has 7 heteroatoms. The van der Waals surface area contributed by atoms with Crippen LogP contribution in [0.4, 0.5) is 10.5 Å². The summed E-state index contributed by atoms with van der Waals surface area (Å²) in [4.78, 5) is 16.9. The Morgan fingerprint density at radius 2 is 1.32 bits per heavy atom. The first-order chi connectivity index (χ1) is 17.8. The van der Waals surface area contributed by atoms with Gasteiger partial charge in [0.05, 0.1) is 12.1 Å². The summed E-state index contributed by atoms with van der Waals surface area (Å²) >= 11 is 5.78. The molecule has 1 aliphatic heterocycles. The smallest absolute Gasteiger partial charge is 0.410 e. The van der Waals surface area contributed by atoms with E-state index in [9.17, 15) is 4.79 Å². The van der Waals surface area contributed by atoms with Gasteiger partial charge in [-0.15, -0.1) is 0 Å². The van der Waals surface area contributed by atoms with Crippen molar-refractivity contribution in [2.75, 3.05) is 31.5 Å². The number of amides is 1. The molecule has 2 N–H and O–H groups in total. The largest absolute Gasteiger partial charge is 0.444 e. The second kappa shape index (κ2) is 12.2. The van der Waals surface area contributed by atoms with Crippen LogP contribution in [0.15, 0.2) is 91.0 Å². The third-order valence-electron chi connectivity index (χ3n) is 6.29. The Hall–Kier alpha value is -3.42. The molecule has 4 rings (SSSR count). The molecule has 0 spiro atoms. The summed E-state index contributed by atoms with van der Waals surface area (Å²) in [6, 6.07) is 30.7. The van der Waals surface area contributed by atoms with Gasteiger partial charge in [-0.2, -0.15) is 0 Å². The number of hydrogen-bond donors (Lipinski definition) is 2. The monoisotopic (exact) mass is 516 g/mol. The van der Waals surface area contributed by atoms with Crippen molar-refractivity contribution >= 4 is 29.1 Å². The van der Waals surface area contributed by atoms with E-state index < -0.39 is 5.60 Å². The molecule has 0 radical (unpaired) electrons. The van der Waals surface area contributed by atoms with Crippen molar-refractivity contribution in [3.63, 3.8) is 0 Å². The number of carbonyl (C=O) groups is 1. The number of para-hydroxylation sites is 1. The lowest BCUT2D eigenvalue weighted by Gasteiger charge is -2.43. The van der Waals surface area contributed by atoms with Gasteiger partial charge in [0.1, 0.15) is 5.60 Å². The van der Waals surface area contributed by atoms with E-state index in [0.717, 1.165) is 24.3 Å². The molecule has 1 fully saturated rings. The quantitative estimate of drug-likeness (QED) is 0.392. The molecular formula is C30H36N4O2S. The second-order valence-corrected chi connectivity index (χ2v) is 10.6. The van der Waals surface area contributed by atoms with Crippen LogP contribution in [-0.4, -0.2) is 52.8 Å². The molecule has 194 valence electrons. The van der Waals surface area contributed by atoms with E-state index in [0.29, 0.717) is 18.2 Å². The summed E-state index contributed by atoms with van der Waals surface area (Å²) in [5.74, 6) is 0. The van der Waals surface area contributed by atoms with Gasteiger partial charge in [-0.25, -0.2) is 4.79 Å². The Kier molecular flexibility index (Phi) is 8.79. The first-order valence-corrected chi connectivity index (χ1v) is 13.2. The highest BCUT2D eigenvalue weighted by atomic mass is 32.1. The Balaban J connectivity index is 1.59. The van der Waals surface area contributed by atoms with E-state index >= 15 is 0 Å². The highest BCUT2D eigenvalue weighted by molar-refractivity contribution is 7.80. The molecule has 1 saturated heterocycles. The van der Waals surface area contributed by atoms with Crippen LogP contribution in [0.25, 0.3) is 0 Å². The van der Waals surface area contributed by atoms with Crippen molar-refractivity contribution in [1.29, 1.82) is 0 Å². The maximum Gasteiger partial charge on any atom is 0.410 e. The number of benzene rings is 3. The van der Waals surface area contributed by atoms with Crippen LogP contribution in [0.5, 0.6) is 0 Å². The van der Waals surface area contributed by atoms with Crippen LogP contribution in [0.3, 0.4) is 0 Å². The number of anilines is 1. The number of nitrogens with zero attached hydrogens (tertiary/aromatic N) is 2. The summed E-state index contributed by atoms with van der Waals surface area (Å²) < 4.78 is 5.61. The number of rotatable bonds is 6. The maximum atomic E-state index is 12.7. The molecule has 37 heavy (non-hydrogen) atoms. The summed E-state index contributed by atoms with van der Waals surface area (Å²) in [6.45, 7) is 8.35. The zero-order chi connectivity index (χ0) is 26.3. The molecule has 3 aromatic rings. The van der Waals surface area contributed by atoms with Crippen LogP contribution in [0.1, 0.15) is 44.0 Å². The Morgan fingerprint density at radius 3 is 1.86 bits per heavy atom. The predicted molar refractivity (Wildman–Crippen MR) is 154 cm³/mol. The van der Waals surface area contributed by atoms with Crippen LogP contribution in [-0.2, 0) is 4.74 Å². The van der Waals surface area contributed by atoms with Gasteiger partial charge in [0.15, 0.2) is 5.11 Å². The van der Waals surface area contributed by atoms with Crippen molar-refractivity contribution in [2.24, 2.45) is 0 Å². The SMILES string of the molecule is CC(C)(C)OC(=O)N1CCN([C@@H](c2ccccc2)[C@H](NC(=S)Nc2ccccc2)c2ccccc2)CC1. The molecule has 1 aliphatic rings. The van der Waals surface area contributed by atoms with E-state index in [2.05, 4.69) is 64.1 Å². The van der Waals surface area contributed by atoms with Crippen molar-refractivity contribution in [3.05, 3.63) is 102 Å². The molecular weight excluding hydrogens is 480 g/mol. The van der Waals surface area contributed by atoms with E-state index in [-0.39, 0.29) is 18.2 Å². The summed E-state index contributed by atoms with van der Waals surface area (Å²) in [6.07, 6.45) is -0.255. The van der Waals surface area contributed by atoms with Crippen LogP contribution in [0, 0.1) is 0 Å². The minimum absolute atomic E-state index is 0.0000834. The van der Waals surface area contributed by atoms with Gasteiger partial charge in [-0.3, -0.25) is 4.90 Å². The van der Waals surface area contributed by atoms with E-state index in [1.165, 1.54) is 5.56 Å². The summed E-state index contributed by atoms with van der Waals surface area (Å²) in [7, 11) is 0. The van der Waals surface area contributed by atoms with E-state index in [1.54, 1.807) is 4.90 Å². The topological polar surface area (TPSA) is 56.8 Å². The molecule has 0 unspecified atom stereocenters. The summed E-state index contributed by atoms with van der Waals surface area (Å²) in [5, 5.41) is 7.51. The van der Waals surface area contributed by atoms with Crippen molar-refractivity contribution in [3.8, 4) is 0 Å². The van der Waals surface area contributed by atoms with Crippen LogP contribution >= 0.6 is 12.2 Å². The van der Waals surface area contributed by atoms with Gasteiger partial charge in [-0.05, 0) is 56.2 Å². The number of piperazine rings is 1. The predicted octanol–water partition coefficient (Wildman–Crippen LogP) is 6.01. The van der Waals surface area contributed by atoms with Crippen molar-refractivity contribution < 1.29 is 9.53 Å². The van der Waals surface area contributed by atoms with Gasteiger partial charge >= 0.3 is 6.09 Å². The molecule has 6 nitrogen and oxygen atoms in total. The molecule has 1 amide bonds. The van der Waals surface area contributed by atoms with E-state index in [4.69, 9.17) is 17.0 Å². The van der Waals surface area contributed by atoms with Crippen molar-refractivity contribution in [1.82, 2.24) is 15.1 Å². The van der Waals surface area contributed by atoms with Gasteiger partial charge in [0, 0.05) is 31.9 Å². The van der Waals surface area contributed by atoms with Gasteiger partial charge in [0.2, 0.25) is 0 Å². The molecule has 3 aromatic carbocycles. The fourth-order valence-corrected chi connectivity index (χ4v) is 4.85. The molecule has 2 atom stereocenters. The molecule has 0 aromatic heterocycles. The number of thiocarbonyl (C=S) groups is 1. The lowest BCUT2D eigenvalue weighted by molar-refractivity contribution is 0.00829. The third kappa shape index (κ3) is 7.54. The van der Waals surface area contributed by atoms with Gasteiger partial charge < -0.3 is 20.3 Å². The van der Waals surface area contributed by atoms with Gasteiger partial charge in [-0.1, -0.05) is 78.9 Å². The van der Waals surface area contributed by atoms with E-state index in [1.807, 2.05) is 63.2 Å². The Morgan fingerprint density at radius 1 is 0.811 bits per heavy atom. The Bertz CT molecular complexity index is 1140. The minimum Gasteiger partial charge on any atom is -0.444 e. The highest BCUT2D eigenvalue weighted by Crippen LogP contribution is 2.35. The van der Waals surface area contributed by atoms with Crippen LogP contribution < -0.4 is 10.6 Å². The minimum atomic E-state index is -0.509. The fourth-order valence-electron chi connectivity index (χ4n) is 4.61.